The Morgan fingerprint density at radius 3 is 2.60 bits per heavy atom. The van der Waals surface area contributed by atoms with Crippen LogP contribution >= 0.6 is 23.2 Å². The molecule has 0 atom stereocenters. The fraction of sp³-hybridized carbons (Fsp3) is 0.100. The van der Waals surface area contributed by atoms with Crippen LogP contribution in [0.3, 0.4) is 0 Å². The summed E-state index contributed by atoms with van der Waals surface area (Å²) >= 11 is 11.5. The van der Waals surface area contributed by atoms with Crippen LogP contribution in [0, 0.1) is 0 Å². The highest BCUT2D eigenvalue weighted by Gasteiger charge is 2.03. The maximum atomic E-state index is 10.8. The highest BCUT2D eigenvalue weighted by atomic mass is 35.5. The van der Waals surface area contributed by atoms with Crippen molar-refractivity contribution in [1.82, 2.24) is 0 Å². The molecule has 80 valence electrons. The SMILES string of the molecule is COC(=O)C=Cc1cc(Cl)c(Cl)cc1N. The maximum absolute atomic E-state index is 10.8. The van der Waals surface area contributed by atoms with E-state index in [1.165, 1.54) is 25.3 Å². The summed E-state index contributed by atoms with van der Waals surface area (Å²) in [5.74, 6) is -0.458. The molecule has 1 rings (SSSR count). The molecule has 0 saturated carbocycles. The lowest BCUT2D eigenvalue weighted by Crippen LogP contribution is -1.94. The van der Waals surface area contributed by atoms with Gasteiger partial charge in [0.1, 0.15) is 0 Å². The van der Waals surface area contributed by atoms with Gasteiger partial charge in [0, 0.05) is 11.8 Å². The first-order valence-corrected chi connectivity index (χ1v) is 4.80. The average molecular weight is 246 g/mol. The summed E-state index contributed by atoms with van der Waals surface area (Å²) in [4.78, 5) is 10.8. The zero-order chi connectivity index (χ0) is 11.4. The Morgan fingerprint density at radius 2 is 2.00 bits per heavy atom. The molecule has 1 aromatic carbocycles. The molecule has 0 heterocycles. The van der Waals surface area contributed by atoms with Gasteiger partial charge in [0.2, 0.25) is 0 Å². The van der Waals surface area contributed by atoms with Crippen LogP contribution in [-0.2, 0) is 9.53 Å². The van der Waals surface area contributed by atoms with Gasteiger partial charge < -0.3 is 10.5 Å². The molecule has 0 amide bonds. The summed E-state index contributed by atoms with van der Waals surface area (Å²) in [6, 6.07) is 3.11. The molecule has 0 aliphatic heterocycles. The molecule has 0 radical (unpaired) electrons. The smallest absolute Gasteiger partial charge is 0.330 e. The third-order valence-corrected chi connectivity index (χ3v) is 2.45. The molecule has 0 aliphatic carbocycles. The van der Waals surface area contributed by atoms with E-state index in [1.54, 1.807) is 6.07 Å². The number of hydrogen-bond acceptors (Lipinski definition) is 3. The van der Waals surface area contributed by atoms with Crippen molar-refractivity contribution in [2.24, 2.45) is 0 Å². The number of nitrogens with two attached hydrogens (primary N) is 1. The van der Waals surface area contributed by atoms with Gasteiger partial charge in [-0.25, -0.2) is 4.79 Å². The van der Waals surface area contributed by atoms with Gasteiger partial charge in [-0.15, -0.1) is 0 Å². The second-order valence-electron chi connectivity index (χ2n) is 2.75. The largest absolute Gasteiger partial charge is 0.466 e. The number of hydrogen-bond donors (Lipinski definition) is 1. The van der Waals surface area contributed by atoms with Crippen molar-refractivity contribution in [1.29, 1.82) is 0 Å². The number of benzene rings is 1. The normalized spacial score (nSPS) is 10.6. The topological polar surface area (TPSA) is 52.3 Å². The number of carbonyl (C=O) groups is 1. The van der Waals surface area contributed by atoms with Crippen molar-refractivity contribution >= 4 is 40.9 Å². The minimum atomic E-state index is -0.458. The van der Waals surface area contributed by atoms with Crippen LogP contribution in [0.15, 0.2) is 18.2 Å². The van der Waals surface area contributed by atoms with Crippen LogP contribution in [-0.4, -0.2) is 13.1 Å². The van der Waals surface area contributed by atoms with Crippen LogP contribution in [0.2, 0.25) is 10.0 Å². The van der Waals surface area contributed by atoms with Crippen LogP contribution < -0.4 is 5.73 Å². The lowest BCUT2D eigenvalue weighted by Gasteiger charge is -2.02. The fourth-order valence-corrected chi connectivity index (χ4v) is 1.29. The van der Waals surface area contributed by atoms with Gasteiger partial charge in [0.15, 0.2) is 0 Å². The van der Waals surface area contributed by atoms with E-state index < -0.39 is 5.97 Å². The Labute approximate surface area is 97.4 Å². The monoisotopic (exact) mass is 245 g/mol. The summed E-state index contributed by atoms with van der Waals surface area (Å²) in [5, 5.41) is 0.764. The Morgan fingerprint density at radius 1 is 1.40 bits per heavy atom. The van der Waals surface area contributed by atoms with E-state index in [1.807, 2.05) is 0 Å². The Hall–Kier alpha value is -1.19. The second kappa shape index (κ2) is 5.05. The second-order valence-corrected chi connectivity index (χ2v) is 3.57. The van der Waals surface area contributed by atoms with E-state index in [4.69, 9.17) is 28.9 Å². The molecule has 0 aromatic heterocycles. The molecule has 0 saturated heterocycles. The van der Waals surface area contributed by atoms with Crippen molar-refractivity contribution in [2.45, 2.75) is 0 Å². The molecular weight excluding hydrogens is 237 g/mol. The lowest BCUT2D eigenvalue weighted by molar-refractivity contribution is -0.134. The Balaban J connectivity index is 3.00. The maximum Gasteiger partial charge on any atom is 0.330 e. The van der Waals surface area contributed by atoms with Crippen molar-refractivity contribution in [3.8, 4) is 0 Å². The first-order valence-electron chi connectivity index (χ1n) is 4.05. The van der Waals surface area contributed by atoms with Crippen molar-refractivity contribution in [2.75, 3.05) is 12.8 Å². The molecule has 0 fully saturated rings. The molecule has 0 spiro atoms. The van der Waals surface area contributed by atoms with Gasteiger partial charge >= 0.3 is 5.97 Å². The minimum Gasteiger partial charge on any atom is -0.466 e. The van der Waals surface area contributed by atoms with E-state index in [0.29, 0.717) is 21.3 Å². The highest BCUT2D eigenvalue weighted by Crippen LogP contribution is 2.28. The van der Waals surface area contributed by atoms with Crippen LogP contribution in [0.1, 0.15) is 5.56 Å². The Kier molecular flexibility index (Phi) is 4.00. The third kappa shape index (κ3) is 3.15. The standard InChI is InChI=1S/C10H9Cl2NO2/c1-15-10(14)3-2-6-4-7(11)8(12)5-9(6)13/h2-5H,13H2,1H3. The third-order valence-electron chi connectivity index (χ3n) is 1.73. The van der Waals surface area contributed by atoms with Crippen molar-refractivity contribution < 1.29 is 9.53 Å². The van der Waals surface area contributed by atoms with E-state index in [9.17, 15) is 4.79 Å². The zero-order valence-electron chi connectivity index (χ0n) is 7.96. The molecule has 2 N–H and O–H groups in total. The number of anilines is 1. The summed E-state index contributed by atoms with van der Waals surface area (Å²) < 4.78 is 4.44. The molecular formula is C10H9Cl2NO2. The summed E-state index contributed by atoms with van der Waals surface area (Å²) in [6.07, 6.45) is 2.78. The quantitative estimate of drug-likeness (QED) is 0.496. The van der Waals surface area contributed by atoms with Gasteiger partial charge in [-0.2, -0.15) is 0 Å². The number of rotatable bonds is 2. The zero-order valence-corrected chi connectivity index (χ0v) is 9.47. The lowest BCUT2D eigenvalue weighted by atomic mass is 10.1. The molecule has 1 aromatic rings. The van der Waals surface area contributed by atoms with E-state index in [-0.39, 0.29) is 0 Å². The number of halogens is 2. The molecule has 15 heavy (non-hydrogen) atoms. The highest BCUT2D eigenvalue weighted by molar-refractivity contribution is 6.42. The van der Waals surface area contributed by atoms with Gasteiger partial charge in [-0.3, -0.25) is 0 Å². The molecule has 3 nitrogen and oxygen atoms in total. The summed E-state index contributed by atoms with van der Waals surface area (Å²) in [7, 11) is 1.30. The first kappa shape index (κ1) is 11.9. The fourth-order valence-electron chi connectivity index (χ4n) is 0.948. The number of esters is 1. The van der Waals surface area contributed by atoms with Crippen LogP contribution in [0.25, 0.3) is 6.08 Å². The predicted octanol–water partition coefficient (Wildman–Crippen LogP) is 2.76. The summed E-state index contributed by atoms with van der Waals surface area (Å²) in [6.45, 7) is 0. The molecule has 0 bridgehead atoms. The molecule has 5 heteroatoms. The first-order chi connectivity index (χ1) is 7.04. The van der Waals surface area contributed by atoms with Crippen molar-refractivity contribution in [3.63, 3.8) is 0 Å². The summed E-state index contributed by atoms with van der Waals surface area (Å²) in [5.41, 5.74) is 6.74. The molecule has 0 unspecified atom stereocenters. The number of carbonyl (C=O) groups excluding carboxylic acids is 1. The predicted molar refractivity (Wildman–Crippen MR) is 61.9 cm³/mol. The van der Waals surface area contributed by atoms with E-state index in [0.717, 1.165) is 0 Å². The van der Waals surface area contributed by atoms with Crippen molar-refractivity contribution in [3.05, 3.63) is 33.8 Å². The van der Waals surface area contributed by atoms with E-state index >= 15 is 0 Å². The number of methoxy groups -OCH3 is 1. The number of ether oxygens (including phenoxy) is 1. The number of nitrogen functional groups attached to an aromatic ring is 1. The van der Waals surface area contributed by atoms with E-state index in [2.05, 4.69) is 4.74 Å². The Bertz CT molecular complexity index is 416. The van der Waals surface area contributed by atoms with Gasteiger partial charge in [-0.1, -0.05) is 23.2 Å². The minimum absolute atomic E-state index is 0.379. The van der Waals surface area contributed by atoms with Crippen LogP contribution in [0.5, 0.6) is 0 Å². The van der Waals surface area contributed by atoms with Gasteiger partial charge in [0.25, 0.3) is 0 Å². The van der Waals surface area contributed by atoms with Crippen LogP contribution in [0.4, 0.5) is 5.69 Å². The van der Waals surface area contributed by atoms with Gasteiger partial charge in [-0.05, 0) is 23.8 Å². The average Bonchev–Trinajstić information content (AvgIpc) is 2.21. The van der Waals surface area contributed by atoms with Gasteiger partial charge in [0.05, 0.1) is 17.2 Å². The molecule has 0 aliphatic rings.